The minimum Gasteiger partial charge on any atom is -0.760 e. The van der Waals surface area contributed by atoms with Crippen molar-refractivity contribution in [2.75, 3.05) is 5.32 Å². The van der Waals surface area contributed by atoms with Gasteiger partial charge < -0.3 is 9.87 Å². The fourth-order valence-electron chi connectivity index (χ4n) is 1.48. The van der Waals surface area contributed by atoms with E-state index in [2.05, 4.69) is 47.5 Å². The van der Waals surface area contributed by atoms with Crippen LogP contribution >= 0.6 is 0 Å². The number of aromatic nitrogens is 1. The molecule has 0 aliphatic rings. The molecule has 5 nitrogen and oxygen atoms in total. The predicted octanol–water partition coefficient (Wildman–Crippen LogP) is 2.18. The Kier molecular flexibility index (Phi) is 6.14. The van der Waals surface area contributed by atoms with Crippen LogP contribution in [0.25, 0.3) is 0 Å². The maximum Gasteiger partial charge on any atom is 0.0570 e. The lowest BCUT2D eigenvalue weighted by atomic mass is 10.1. The van der Waals surface area contributed by atoms with Gasteiger partial charge in [-0.1, -0.05) is 12.1 Å². The predicted molar refractivity (Wildman–Crippen MR) is 76.5 cm³/mol. The van der Waals surface area contributed by atoms with Gasteiger partial charge in [0.15, 0.2) is 0 Å². The molecule has 0 saturated heterocycles. The third-order valence-corrected chi connectivity index (χ3v) is 2.55. The number of pyridine rings is 1. The Morgan fingerprint density at radius 2 is 1.95 bits per heavy atom. The molecule has 1 atom stereocenters. The van der Waals surface area contributed by atoms with Gasteiger partial charge in [-0.3, -0.25) is 14.3 Å². The summed E-state index contributed by atoms with van der Waals surface area (Å²) in [6.07, 6.45) is 3.59. The Morgan fingerprint density at radius 1 is 1.26 bits per heavy atom. The van der Waals surface area contributed by atoms with E-state index in [0.29, 0.717) is 0 Å². The molecule has 0 fully saturated rings. The summed E-state index contributed by atoms with van der Waals surface area (Å²) in [7, 11) is 0. The third kappa shape index (κ3) is 5.60. The highest BCUT2D eigenvalue weighted by Gasteiger charge is 2.00. The molecule has 0 radical (unpaired) electrons. The van der Waals surface area contributed by atoms with Crippen molar-refractivity contribution in [2.45, 2.75) is 13.8 Å². The van der Waals surface area contributed by atoms with Crippen LogP contribution in [0, 0.1) is 13.8 Å². The summed E-state index contributed by atoms with van der Waals surface area (Å²) < 4.78 is 17.6. The molecular formula is C13H16N3O2S-. The molecule has 6 heteroatoms. The first-order valence-corrected chi connectivity index (χ1v) is 6.71. The second kappa shape index (κ2) is 7.63. The van der Waals surface area contributed by atoms with E-state index in [-0.39, 0.29) is 0 Å². The molecule has 1 unspecified atom stereocenters. The molecular weight excluding hydrogens is 262 g/mol. The van der Waals surface area contributed by atoms with Crippen molar-refractivity contribution < 1.29 is 8.76 Å². The number of nitrogens with one attached hydrogen (secondary N) is 1. The zero-order chi connectivity index (χ0) is 14.3. The van der Waals surface area contributed by atoms with Crippen molar-refractivity contribution in [3.8, 4) is 0 Å². The number of benzene rings is 1. The number of hydrogen-bond acceptors (Lipinski definition) is 4. The molecule has 102 valence electrons. The molecule has 2 aromatic rings. The highest BCUT2D eigenvalue weighted by Crippen LogP contribution is 2.21. The summed E-state index contributed by atoms with van der Waals surface area (Å²) in [6, 6.07) is 10.2. The molecule has 0 spiro atoms. The van der Waals surface area contributed by atoms with Crippen LogP contribution in [0.2, 0.25) is 0 Å². The van der Waals surface area contributed by atoms with Crippen LogP contribution in [0.1, 0.15) is 11.1 Å². The summed E-state index contributed by atoms with van der Waals surface area (Å²) in [4.78, 5) is 4.07. The minimum absolute atomic E-state index is 1.02. The fraction of sp³-hybridized carbons (Fsp3) is 0.154. The Hall–Kier alpha value is -1.76. The van der Waals surface area contributed by atoms with Gasteiger partial charge >= 0.3 is 0 Å². The lowest BCUT2D eigenvalue weighted by Gasteiger charge is -2.10. The van der Waals surface area contributed by atoms with Gasteiger partial charge in [-0.15, -0.1) is 0 Å². The van der Waals surface area contributed by atoms with Gasteiger partial charge in [0.2, 0.25) is 0 Å². The summed E-state index contributed by atoms with van der Waals surface area (Å²) in [6.45, 7) is 4.23. The van der Waals surface area contributed by atoms with Crippen LogP contribution < -0.4 is 10.5 Å². The normalized spacial score (nSPS) is 11.2. The van der Waals surface area contributed by atoms with Gasteiger partial charge in [0.25, 0.3) is 0 Å². The van der Waals surface area contributed by atoms with E-state index in [1.165, 1.54) is 11.1 Å². The topological polar surface area (TPSA) is 91.1 Å². The molecule has 2 rings (SSSR count). The molecule has 3 N–H and O–H groups in total. The number of nitrogens with zero attached hydrogens (tertiary/aromatic N) is 1. The summed E-state index contributed by atoms with van der Waals surface area (Å²) in [5, 5.41) is 7.38. The number of rotatable bonds is 2. The van der Waals surface area contributed by atoms with E-state index < -0.39 is 11.3 Å². The Labute approximate surface area is 115 Å². The molecule has 0 bridgehead atoms. The number of hydrogen-bond donors (Lipinski definition) is 2. The number of aryl methyl sites for hydroxylation is 1. The van der Waals surface area contributed by atoms with Gasteiger partial charge in [-0.05, 0) is 43.2 Å². The molecule has 0 amide bonds. The lowest BCUT2D eigenvalue weighted by Crippen LogP contribution is -1.97. The zero-order valence-corrected chi connectivity index (χ0v) is 11.6. The van der Waals surface area contributed by atoms with Gasteiger partial charge in [0, 0.05) is 23.2 Å². The first kappa shape index (κ1) is 15.3. The standard InChI is InChI=1S/C13H14N2.H3NO2S/c1-10-5-3-7-13(11(10)2)15-12-6-4-8-14-9-12;1-4(2)3/h3-9,15H,1-2H3;1H2,(H,2,3)/p-1. The first-order valence-electron chi connectivity index (χ1n) is 5.57. The molecule has 1 heterocycles. The summed E-state index contributed by atoms with van der Waals surface area (Å²) in [5.41, 5.74) is 4.74. The van der Waals surface area contributed by atoms with Crippen molar-refractivity contribution in [3.05, 3.63) is 53.9 Å². The molecule has 0 aliphatic heterocycles. The van der Waals surface area contributed by atoms with Crippen LogP contribution in [-0.4, -0.2) is 13.7 Å². The Morgan fingerprint density at radius 3 is 2.53 bits per heavy atom. The van der Waals surface area contributed by atoms with Crippen molar-refractivity contribution in [1.29, 1.82) is 0 Å². The smallest absolute Gasteiger partial charge is 0.0570 e. The third-order valence-electron chi connectivity index (χ3n) is 2.55. The van der Waals surface area contributed by atoms with Crippen molar-refractivity contribution in [2.24, 2.45) is 5.14 Å². The zero-order valence-electron chi connectivity index (χ0n) is 10.8. The molecule has 1 aromatic heterocycles. The second-order valence-corrected chi connectivity index (χ2v) is 4.40. The minimum atomic E-state index is -2.36. The fourth-order valence-corrected chi connectivity index (χ4v) is 1.48. The van der Waals surface area contributed by atoms with E-state index >= 15 is 0 Å². The lowest BCUT2D eigenvalue weighted by molar-refractivity contribution is 0.539. The largest absolute Gasteiger partial charge is 0.760 e. The number of anilines is 2. The average molecular weight is 278 g/mol. The maximum absolute atomic E-state index is 8.78. The summed E-state index contributed by atoms with van der Waals surface area (Å²) in [5.74, 6) is 0. The van der Waals surface area contributed by atoms with Crippen LogP contribution in [0.4, 0.5) is 11.4 Å². The average Bonchev–Trinajstić information content (AvgIpc) is 2.36. The van der Waals surface area contributed by atoms with Crippen LogP contribution in [0.15, 0.2) is 42.7 Å². The van der Waals surface area contributed by atoms with Crippen LogP contribution in [0.5, 0.6) is 0 Å². The molecule has 0 saturated carbocycles. The number of nitrogens with two attached hydrogens (primary N) is 1. The first-order chi connectivity index (χ1) is 9.00. The highest BCUT2D eigenvalue weighted by atomic mass is 32.2. The van der Waals surface area contributed by atoms with Crippen molar-refractivity contribution in [3.63, 3.8) is 0 Å². The van der Waals surface area contributed by atoms with E-state index in [9.17, 15) is 0 Å². The van der Waals surface area contributed by atoms with Gasteiger partial charge in [-0.25, -0.2) is 0 Å². The van der Waals surface area contributed by atoms with Gasteiger partial charge in [0.1, 0.15) is 0 Å². The van der Waals surface area contributed by atoms with E-state index in [1.54, 1.807) is 6.20 Å². The Bertz CT molecular complexity index is 543. The van der Waals surface area contributed by atoms with E-state index in [4.69, 9.17) is 8.76 Å². The SMILES string of the molecule is Cc1cccc(Nc2cccnc2)c1C.NS(=O)[O-]. The highest BCUT2D eigenvalue weighted by molar-refractivity contribution is 7.76. The van der Waals surface area contributed by atoms with Gasteiger partial charge in [-0.2, -0.15) is 0 Å². The summed E-state index contributed by atoms with van der Waals surface area (Å²) >= 11 is -2.36. The van der Waals surface area contributed by atoms with Gasteiger partial charge in [0.05, 0.1) is 11.9 Å². The molecule has 1 aromatic carbocycles. The maximum atomic E-state index is 8.78. The van der Waals surface area contributed by atoms with Crippen molar-refractivity contribution >= 4 is 22.6 Å². The second-order valence-electron chi connectivity index (χ2n) is 3.87. The van der Waals surface area contributed by atoms with E-state index in [0.717, 1.165) is 11.4 Å². The molecule has 19 heavy (non-hydrogen) atoms. The Balaban J connectivity index is 0.000000399. The van der Waals surface area contributed by atoms with E-state index in [1.807, 2.05) is 18.3 Å². The quantitative estimate of drug-likeness (QED) is 0.824. The van der Waals surface area contributed by atoms with Crippen LogP contribution in [0.3, 0.4) is 0 Å². The van der Waals surface area contributed by atoms with Crippen molar-refractivity contribution in [1.82, 2.24) is 4.98 Å². The molecule has 0 aliphatic carbocycles. The monoisotopic (exact) mass is 278 g/mol. The van der Waals surface area contributed by atoms with Crippen LogP contribution in [-0.2, 0) is 11.3 Å².